The van der Waals surface area contributed by atoms with E-state index in [2.05, 4.69) is 9.98 Å². The highest BCUT2D eigenvalue weighted by Crippen LogP contribution is 2.30. The summed E-state index contributed by atoms with van der Waals surface area (Å²) in [7, 11) is 0. The van der Waals surface area contributed by atoms with Gasteiger partial charge < -0.3 is 10.1 Å². The van der Waals surface area contributed by atoms with Crippen molar-refractivity contribution in [3.8, 4) is 5.88 Å². The normalized spacial score (nSPS) is 11.2. The summed E-state index contributed by atoms with van der Waals surface area (Å²) >= 11 is 0. The second-order valence-electron chi connectivity index (χ2n) is 3.06. The van der Waals surface area contributed by atoms with Crippen LogP contribution in [0.2, 0.25) is 0 Å². The molecule has 1 amide bonds. The molecule has 0 aliphatic carbocycles. The summed E-state index contributed by atoms with van der Waals surface area (Å²) in [4.78, 5) is 17.9. The predicted molar refractivity (Wildman–Crippen MR) is 75.3 cm³/mol. The quantitative estimate of drug-likeness (QED) is 0.786. The highest BCUT2D eigenvalue weighted by atomic mass is 16.3. The summed E-state index contributed by atoms with van der Waals surface area (Å²) in [6.45, 7) is 3.64. The molecule has 0 atom stereocenters. The van der Waals surface area contributed by atoms with Gasteiger partial charge in [0.1, 0.15) is 0 Å². The molecule has 1 aromatic rings. The molecule has 0 saturated heterocycles. The van der Waals surface area contributed by atoms with Crippen molar-refractivity contribution in [1.82, 2.24) is 4.98 Å². The standard InChI is InChI=1S/C9H10N2O2.4CH4/c1-3-5-7-6(8(12)11-5)4(2)10-9(7)13;;;;/h11-12H,3H2,1-2H3;4*1H4. The number of carbonyl (C=O) groups excluding carboxylic acids is 1. The number of carbonyl (C=O) groups is 1. The van der Waals surface area contributed by atoms with Gasteiger partial charge in [0, 0.05) is 5.69 Å². The Kier molecular flexibility index (Phi) is 8.42. The van der Waals surface area contributed by atoms with E-state index in [9.17, 15) is 9.90 Å². The first-order chi connectivity index (χ1) is 6.15. The number of hydrogen-bond donors (Lipinski definition) is 2. The fraction of sp³-hybridized carbons (Fsp3) is 0.538. The molecular formula is C13H26N2O2. The zero-order chi connectivity index (χ0) is 9.59. The molecule has 0 bridgehead atoms. The number of aryl methyl sites for hydroxylation is 1. The molecular weight excluding hydrogens is 216 g/mol. The average Bonchev–Trinajstić information content (AvgIpc) is 2.54. The highest BCUT2D eigenvalue weighted by molar-refractivity contribution is 6.22. The van der Waals surface area contributed by atoms with Crippen LogP contribution in [0, 0.1) is 0 Å². The van der Waals surface area contributed by atoms with Crippen molar-refractivity contribution in [2.45, 2.75) is 50.0 Å². The highest BCUT2D eigenvalue weighted by Gasteiger charge is 2.28. The van der Waals surface area contributed by atoms with Crippen molar-refractivity contribution in [2.24, 2.45) is 4.99 Å². The molecule has 0 fully saturated rings. The minimum atomic E-state index is -0.249. The van der Waals surface area contributed by atoms with Gasteiger partial charge in [-0.15, -0.1) is 0 Å². The van der Waals surface area contributed by atoms with Crippen LogP contribution in [-0.4, -0.2) is 21.7 Å². The number of nitrogens with one attached hydrogen (secondary N) is 1. The molecule has 0 radical (unpaired) electrons. The summed E-state index contributed by atoms with van der Waals surface area (Å²) < 4.78 is 0. The lowest BCUT2D eigenvalue weighted by molar-refractivity contribution is 0.101. The van der Waals surface area contributed by atoms with Crippen LogP contribution in [0.1, 0.15) is 65.2 Å². The van der Waals surface area contributed by atoms with Crippen LogP contribution in [0.15, 0.2) is 4.99 Å². The minimum Gasteiger partial charge on any atom is -0.494 e. The summed E-state index contributed by atoms with van der Waals surface area (Å²) in [5.41, 5.74) is 2.46. The molecule has 4 heteroatoms. The van der Waals surface area contributed by atoms with E-state index in [-0.39, 0.29) is 41.5 Å². The van der Waals surface area contributed by atoms with Gasteiger partial charge in [0.2, 0.25) is 0 Å². The second-order valence-corrected chi connectivity index (χ2v) is 3.06. The van der Waals surface area contributed by atoms with Crippen molar-refractivity contribution < 1.29 is 9.90 Å². The fourth-order valence-electron chi connectivity index (χ4n) is 1.65. The molecule has 0 spiro atoms. The number of fused-ring (bicyclic) bond motifs is 1. The van der Waals surface area contributed by atoms with E-state index in [1.54, 1.807) is 6.92 Å². The van der Waals surface area contributed by atoms with Gasteiger partial charge in [-0.25, -0.2) is 4.99 Å². The predicted octanol–water partition coefficient (Wildman–Crippen LogP) is 3.79. The number of rotatable bonds is 1. The van der Waals surface area contributed by atoms with E-state index >= 15 is 0 Å². The summed E-state index contributed by atoms with van der Waals surface area (Å²) in [5, 5.41) is 9.48. The van der Waals surface area contributed by atoms with Gasteiger partial charge in [0.05, 0.1) is 16.8 Å². The molecule has 17 heavy (non-hydrogen) atoms. The van der Waals surface area contributed by atoms with Gasteiger partial charge in [-0.2, -0.15) is 0 Å². The molecule has 0 aromatic carbocycles. The second kappa shape index (κ2) is 6.89. The zero-order valence-corrected chi connectivity index (χ0v) is 7.51. The minimum absolute atomic E-state index is 0. The first-order valence-electron chi connectivity index (χ1n) is 4.19. The van der Waals surface area contributed by atoms with Gasteiger partial charge in [0.25, 0.3) is 5.91 Å². The molecule has 100 valence electrons. The Bertz CT molecular complexity index is 417. The molecule has 0 saturated carbocycles. The number of H-pyrrole nitrogens is 1. The van der Waals surface area contributed by atoms with Crippen LogP contribution in [0.25, 0.3) is 0 Å². The van der Waals surface area contributed by atoms with Crippen LogP contribution in [0.3, 0.4) is 0 Å². The summed E-state index contributed by atoms with van der Waals surface area (Å²) in [5.74, 6) is -0.195. The lowest BCUT2D eigenvalue weighted by Crippen LogP contribution is -1.94. The van der Waals surface area contributed by atoms with Crippen molar-refractivity contribution in [3.05, 3.63) is 16.8 Å². The van der Waals surface area contributed by atoms with Crippen molar-refractivity contribution in [2.75, 3.05) is 0 Å². The van der Waals surface area contributed by atoms with E-state index in [0.29, 0.717) is 23.3 Å². The Hall–Kier alpha value is -1.58. The van der Waals surface area contributed by atoms with E-state index in [0.717, 1.165) is 5.69 Å². The van der Waals surface area contributed by atoms with E-state index < -0.39 is 0 Å². The van der Waals surface area contributed by atoms with Crippen LogP contribution < -0.4 is 0 Å². The molecule has 0 unspecified atom stereocenters. The molecule has 4 nitrogen and oxygen atoms in total. The number of amides is 1. The largest absolute Gasteiger partial charge is 0.494 e. The van der Waals surface area contributed by atoms with Gasteiger partial charge >= 0.3 is 0 Å². The number of aliphatic imine (C=N–C) groups is 1. The zero-order valence-electron chi connectivity index (χ0n) is 7.51. The molecule has 2 heterocycles. The third kappa shape index (κ3) is 2.75. The van der Waals surface area contributed by atoms with Gasteiger partial charge in [-0.05, 0) is 13.3 Å². The molecule has 1 aliphatic rings. The third-order valence-corrected chi connectivity index (χ3v) is 2.26. The van der Waals surface area contributed by atoms with Crippen LogP contribution in [0.4, 0.5) is 0 Å². The topological polar surface area (TPSA) is 65.4 Å². The van der Waals surface area contributed by atoms with Crippen molar-refractivity contribution >= 4 is 11.6 Å². The number of aromatic nitrogens is 1. The lowest BCUT2D eigenvalue weighted by Gasteiger charge is -1.91. The SMILES string of the molecule is C.C.C.C.CCc1[nH]c(O)c2c1C(=O)N=C2C. The van der Waals surface area contributed by atoms with E-state index in [1.165, 1.54) is 0 Å². The number of aromatic amines is 1. The molecule has 2 N–H and O–H groups in total. The van der Waals surface area contributed by atoms with E-state index in [4.69, 9.17) is 0 Å². The molecule has 2 rings (SSSR count). The van der Waals surface area contributed by atoms with Gasteiger partial charge in [-0.1, -0.05) is 36.6 Å². The lowest BCUT2D eigenvalue weighted by atomic mass is 10.1. The summed E-state index contributed by atoms with van der Waals surface area (Å²) in [6.07, 6.45) is 0.692. The Labute approximate surface area is 105 Å². The van der Waals surface area contributed by atoms with Crippen LogP contribution in [0.5, 0.6) is 5.88 Å². The van der Waals surface area contributed by atoms with Crippen molar-refractivity contribution in [3.63, 3.8) is 0 Å². The van der Waals surface area contributed by atoms with Crippen LogP contribution in [-0.2, 0) is 6.42 Å². The number of aromatic hydroxyl groups is 1. The molecule has 1 aliphatic heterocycles. The maximum absolute atomic E-state index is 11.4. The third-order valence-electron chi connectivity index (χ3n) is 2.26. The first-order valence-corrected chi connectivity index (χ1v) is 4.19. The van der Waals surface area contributed by atoms with Crippen molar-refractivity contribution in [1.29, 1.82) is 0 Å². The van der Waals surface area contributed by atoms with E-state index in [1.807, 2.05) is 6.92 Å². The van der Waals surface area contributed by atoms with Crippen LogP contribution >= 0.6 is 0 Å². The maximum atomic E-state index is 11.4. The Morgan fingerprint density at radius 1 is 1.18 bits per heavy atom. The van der Waals surface area contributed by atoms with Gasteiger partial charge in [0.15, 0.2) is 5.88 Å². The Balaban J connectivity index is -0.000000490. The number of hydrogen-bond acceptors (Lipinski definition) is 2. The Morgan fingerprint density at radius 2 is 1.71 bits per heavy atom. The van der Waals surface area contributed by atoms with Gasteiger partial charge in [-0.3, -0.25) is 4.79 Å². The average molecular weight is 242 g/mol. The first kappa shape index (κ1) is 20.8. The smallest absolute Gasteiger partial charge is 0.279 e. The maximum Gasteiger partial charge on any atom is 0.279 e. The Morgan fingerprint density at radius 3 is 2.18 bits per heavy atom. The molecule has 1 aromatic heterocycles. The fourth-order valence-corrected chi connectivity index (χ4v) is 1.65. The monoisotopic (exact) mass is 242 g/mol. The summed E-state index contributed by atoms with van der Waals surface area (Å²) in [6, 6.07) is 0. The number of nitrogens with zero attached hydrogens (tertiary/aromatic N) is 1.